The lowest BCUT2D eigenvalue weighted by Crippen LogP contribution is -2.06. The first-order valence-electron chi connectivity index (χ1n) is 4.16. The predicted octanol–water partition coefficient (Wildman–Crippen LogP) is 2.67. The molecule has 64 valence electrons. The van der Waals surface area contributed by atoms with Crippen LogP contribution in [0.25, 0.3) is 0 Å². The zero-order chi connectivity index (χ0) is 8.69. The number of hydrogen-bond donors (Lipinski definition) is 1. The van der Waals surface area contributed by atoms with E-state index in [-0.39, 0.29) is 6.10 Å². The van der Waals surface area contributed by atoms with Gasteiger partial charge in [-0.05, 0) is 19.3 Å². The van der Waals surface area contributed by atoms with Gasteiger partial charge in [0.25, 0.3) is 0 Å². The summed E-state index contributed by atoms with van der Waals surface area (Å²) in [7, 11) is 0. The Morgan fingerprint density at radius 3 is 2.73 bits per heavy atom. The Hall–Kier alpha value is -0.560. The van der Waals surface area contributed by atoms with Crippen molar-refractivity contribution in [1.29, 1.82) is 0 Å². The quantitative estimate of drug-likeness (QED) is 0.583. The van der Waals surface area contributed by atoms with Gasteiger partial charge in [0.1, 0.15) is 0 Å². The molecule has 0 heterocycles. The predicted molar refractivity (Wildman–Crippen MR) is 49.5 cm³/mol. The van der Waals surface area contributed by atoms with Crippen molar-refractivity contribution in [2.24, 2.45) is 0 Å². The summed E-state index contributed by atoms with van der Waals surface area (Å²) in [6.45, 7) is 9.52. The Balaban J connectivity index is 3.48. The summed E-state index contributed by atoms with van der Waals surface area (Å²) in [6.07, 6.45) is 5.06. The van der Waals surface area contributed by atoms with Crippen molar-refractivity contribution in [3.63, 3.8) is 0 Å². The molecule has 0 amide bonds. The van der Waals surface area contributed by atoms with E-state index in [9.17, 15) is 5.11 Å². The summed E-state index contributed by atoms with van der Waals surface area (Å²) in [5.74, 6) is 0. The molecule has 1 nitrogen and oxygen atoms in total. The molecular formula is C10H18O. The van der Waals surface area contributed by atoms with E-state index in [0.29, 0.717) is 0 Å². The van der Waals surface area contributed by atoms with Gasteiger partial charge in [-0.15, -0.1) is 6.58 Å². The Bertz CT molecular complexity index is 127. The first-order chi connectivity index (χ1) is 5.20. The number of rotatable bonds is 6. The van der Waals surface area contributed by atoms with Gasteiger partial charge in [0.05, 0.1) is 6.10 Å². The zero-order valence-electron chi connectivity index (χ0n) is 7.34. The third-order valence-electron chi connectivity index (χ3n) is 1.58. The molecule has 0 aliphatic carbocycles. The van der Waals surface area contributed by atoms with E-state index >= 15 is 0 Å². The fourth-order valence-corrected chi connectivity index (χ4v) is 1.06. The maximum Gasteiger partial charge on any atom is 0.0577 e. The van der Waals surface area contributed by atoms with Gasteiger partial charge < -0.3 is 5.11 Å². The molecule has 1 heteroatoms. The first kappa shape index (κ1) is 10.4. The highest BCUT2D eigenvalue weighted by Gasteiger charge is 2.03. The zero-order valence-corrected chi connectivity index (χ0v) is 7.34. The van der Waals surface area contributed by atoms with Gasteiger partial charge in [-0.2, -0.15) is 0 Å². The fraction of sp³-hybridized carbons (Fsp3) is 0.600. The van der Waals surface area contributed by atoms with Gasteiger partial charge in [0.2, 0.25) is 0 Å². The van der Waals surface area contributed by atoms with E-state index in [1.54, 1.807) is 0 Å². The van der Waals surface area contributed by atoms with Gasteiger partial charge in [-0.25, -0.2) is 0 Å². The van der Waals surface area contributed by atoms with Gasteiger partial charge >= 0.3 is 0 Å². The minimum Gasteiger partial charge on any atom is -0.393 e. The van der Waals surface area contributed by atoms with Crippen LogP contribution in [0.2, 0.25) is 0 Å². The van der Waals surface area contributed by atoms with Crippen molar-refractivity contribution < 1.29 is 5.11 Å². The van der Waals surface area contributed by atoms with Gasteiger partial charge in [-0.3, -0.25) is 0 Å². The average Bonchev–Trinajstić information content (AvgIpc) is 1.87. The minimum atomic E-state index is -0.201. The molecule has 1 N–H and O–H groups in total. The van der Waals surface area contributed by atoms with Crippen molar-refractivity contribution >= 4 is 0 Å². The third-order valence-corrected chi connectivity index (χ3v) is 1.58. The largest absolute Gasteiger partial charge is 0.393 e. The molecule has 0 aliphatic heterocycles. The van der Waals surface area contributed by atoms with Gasteiger partial charge in [-0.1, -0.05) is 31.6 Å². The Kier molecular flexibility index (Phi) is 5.86. The number of hydrogen-bond acceptors (Lipinski definition) is 1. The molecule has 0 radical (unpaired) electrons. The highest BCUT2D eigenvalue weighted by molar-refractivity contribution is 5.01. The van der Waals surface area contributed by atoms with Crippen molar-refractivity contribution in [3.05, 3.63) is 24.8 Å². The van der Waals surface area contributed by atoms with E-state index in [4.69, 9.17) is 0 Å². The van der Waals surface area contributed by atoms with Crippen LogP contribution in [0.1, 0.15) is 32.6 Å². The lowest BCUT2D eigenvalue weighted by atomic mass is 10.0. The minimum absolute atomic E-state index is 0.201. The second-order valence-corrected chi connectivity index (χ2v) is 2.89. The van der Waals surface area contributed by atoms with Crippen LogP contribution in [-0.2, 0) is 0 Å². The number of aliphatic hydroxyl groups excluding tert-OH is 1. The van der Waals surface area contributed by atoms with Gasteiger partial charge in [0, 0.05) is 0 Å². The molecule has 1 unspecified atom stereocenters. The number of aliphatic hydroxyl groups is 1. The Morgan fingerprint density at radius 2 is 2.27 bits per heavy atom. The lowest BCUT2D eigenvalue weighted by molar-refractivity contribution is 0.163. The molecule has 0 aromatic rings. The molecule has 0 bridgehead atoms. The Morgan fingerprint density at radius 1 is 1.64 bits per heavy atom. The van der Waals surface area contributed by atoms with Crippen LogP contribution in [-0.4, -0.2) is 11.2 Å². The van der Waals surface area contributed by atoms with E-state index in [1.165, 1.54) is 0 Å². The van der Waals surface area contributed by atoms with Crippen molar-refractivity contribution in [2.45, 2.75) is 38.7 Å². The van der Waals surface area contributed by atoms with Crippen LogP contribution in [0, 0.1) is 0 Å². The SMILES string of the molecule is C=CCC(=C)CC(O)CCC. The van der Waals surface area contributed by atoms with Crippen molar-refractivity contribution in [2.75, 3.05) is 0 Å². The normalized spacial score (nSPS) is 12.5. The third kappa shape index (κ3) is 5.86. The van der Waals surface area contributed by atoms with E-state index in [2.05, 4.69) is 20.1 Å². The monoisotopic (exact) mass is 154 g/mol. The smallest absolute Gasteiger partial charge is 0.0577 e. The summed E-state index contributed by atoms with van der Waals surface area (Å²) < 4.78 is 0. The molecule has 0 spiro atoms. The van der Waals surface area contributed by atoms with Crippen LogP contribution < -0.4 is 0 Å². The molecule has 0 aliphatic rings. The molecule has 0 fully saturated rings. The highest BCUT2D eigenvalue weighted by Crippen LogP contribution is 2.11. The van der Waals surface area contributed by atoms with Crippen LogP contribution >= 0.6 is 0 Å². The highest BCUT2D eigenvalue weighted by atomic mass is 16.3. The maximum atomic E-state index is 9.35. The van der Waals surface area contributed by atoms with E-state index in [0.717, 1.165) is 31.3 Å². The summed E-state index contributed by atoms with van der Waals surface area (Å²) in [4.78, 5) is 0. The lowest BCUT2D eigenvalue weighted by Gasteiger charge is -2.09. The second kappa shape index (κ2) is 6.17. The van der Waals surface area contributed by atoms with Gasteiger partial charge in [0.15, 0.2) is 0 Å². The van der Waals surface area contributed by atoms with Crippen molar-refractivity contribution in [3.8, 4) is 0 Å². The molecule has 0 aromatic carbocycles. The van der Waals surface area contributed by atoms with Crippen LogP contribution in [0.15, 0.2) is 24.8 Å². The summed E-state index contributed by atoms with van der Waals surface area (Å²) in [5.41, 5.74) is 1.07. The Labute approximate surface area is 69.4 Å². The summed E-state index contributed by atoms with van der Waals surface area (Å²) in [5, 5.41) is 9.35. The topological polar surface area (TPSA) is 20.2 Å². The van der Waals surface area contributed by atoms with Crippen molar-refractivity contribution in [1.82, 2.24) is 0 Å². The van der Waals surface area contributed by atoms with Crippen LogP contribution in [0.5, 0.6) is 0 Å². The first-order valence-corrected chi connectivity index (χ1v) is 4.16. The molecule has 0 aromatic heterocycles. The van der Waals surface area contributed by atoms with Crippen LogP contribution in [0.3, 0.4) is 0 Å². The number of allylic oxidation sites excluding steroid dienone is 1. The van der Waals surface area contributed by atoms with E-state index < -0.39 is 0 Å². The second-order valence-electron chi connectivity index (χ2n) is 2.89. The summed E-state index contributed by atoms with van der Waals surface area (Å²) >= 11 is 0. The van der Waals surface area contributed by atoms with Crippen LogP contribution in [0.4, 0.5) is 0 Å². The molecule has 1 atom stereocenters. The summed E-state index contributed by atoms with van der Waals surface area (Å²) in [6, 6.07) is 0. The molecule has 0 rings (SSSR count). The standard InChI is InChI=1S/C10H18O/c1-4-6-9(3)8-10(11)7-5-2/h4,10-11H,1,3,5-8H2,2H3. The molecular weight excluding hydrogens is 136 g/mol. The average molecular weight is 154 g/mol. The molecule has 0 saturated carbocycles. The molecule has 0 saturated heterocycles. The molecule has 11 heavy (non-hydrogen) atoms. The fourth-order valence-electron chi connectivity index (χ4n) is 1.06. The maximum absolute atomic E-state index is 9.35. The van der Waals surface area contributed by atoms with E-state index in [1.807, 2.05) is 6.08 Å².